The second-order valence-electron chi connectivity index (χ2n) is 5.51. The Kier molecular flexibility index (Phi) is 5.98. The van der Waals surface area contributed by atoms with Crippen molar-refractivity contribution in [3.63, 3.8) is 0 Å². The van der Waals surface area contributed by atoms with Crippen LogP contribution < -0.4 is 5.32 Å². The third kappa shape index (κ3) is 4.56. The highest BCUT2D eigenvalue weighted by Crippen LogP contribution is 2.13. The number of carbonyl (C=O) groups excluding carboxylic acids is 1. The lowest BCUT2D eigenvalue weighted by atomic mass is 10.1. The Morgan fingerprint density at radius 3 is 2.90 bits per heavy atom. The molecule has 1 aliphatic heterocycles. The van der Waals surface area contributed by atoms with Crippen LogP contribution in [-0.4, -0.2) is 42.0 Å². The van der Waals surface area contributed by atoms with Crippen molar-refractivity contribution in [3.8, 4) is 0 Å². The summed E-state index contributed by atoms with van der Waals surface area (Å²) in [7, 11) is 0. The molecule has 1 aromatic heterocycles. The number of halogens is 1. The SMILES string of the molecule is CC(CNC(=O)c1ncccc1Br)CN1CCCCC1. The lowest BCUT2D eigenvalue weighted by Gasteiger charge is -2.29. The number of hydrogen-bond acceptors (Lipinski definition) is 3. The fraction of sp³-hybridized carbons (Fsp3) is 0.600. The van der Waals surface area contributed by atoms with Gasteiger partial charge in [-0.05, 0) is 59.9 Å². The van der Waals surface area contributed by atoms with Crippen molar-refractivity contribution in [1.29, 1.82) is 0 Å². The molecular formula is C15H22BrN3O. The van der Waals surface area contributed by atoms with Gasteiger partial charge >= 0.3 is 0 Å². The van der Waals surface area contributed by atoms with Crippen LogP contribution in [0.3, 0.4) is 0 Å². The van der Waals surface area contributed by atoms with Crippen molar-refractivity contribution < 1.29 is 4.79 Å². The van der Waals surface area contributed by atoms with Crippen LogP contribution in [0.5, 0.6) is 0 Å². The topological polar surface area (TPSA) is 45.2 Å². The van der Waals surface area contributed by atoms with Gasteiger partial charge < -0.3 is 10.2 Å². The molecule has 110 valence electrons. The molecule has 0 aromatic carbocycles. The predicted molar refractivity (Wildman–Crippen MR) is 83.7 cm³/mol. The van der Waals surface area contributed by atoms with Crippen molar-refractivity contribution in [2.75, 3.05) is 26.2 Å². The highest BCUT2D eigenvalue weighted by Gasteiger charge is 2.15. The van der Waals surface area contributed by atoms with Gasteiger partial charge in [-0.25, -0.2) is 4.98 Å². The third-order valence-electron chi connectivity index (χ3n) is 3.60. The van der Waals surface area contributed by atoms with E-state index in [1.54, 1.807) is 12.3 Å². The number of rotatable bonds is 5. The van der Waals surface area contributed by atoms with E-state index in [0.717, 1.165) is 11.0 Å². The average molecular weight is 340 g/mol. The number of piperidine rings is 1. The zero-order valence-corrected chi connectivity index (χ0v) is 13.5. The fourth-order valence-electron chi connectivity index (χ4n) is 2.55. The number of carbonyl (C=O) groups is 1. The van der Waals surface area contributed by atoms with Gasteiger partial charge in [-0.15, -0.1) is 0 Å². The molecule has 0 bridgehead atoms. The Morgan fingerprint density at radius 2 is 2.20 bits per heavy atom. The second-order valence-corrected chi connectivity index (χ2v) is 6.36. The maximum absolute atomic E-state index is 12.0. The van der Waals surface area contributed by atoms with Crippen molar-refractivity contribution >= 4 is 21.8 Å². The molecule has 1 aliphatic rings. The van der Waals surface area contributed by atoms with Crippen molar-refractivity contribution in [2.45, 2.75) is 26.2 Å². The summed E-state index contributed by atoms with van der Waals surface area (Å²) in [4.78, 5) is 18.6. The number of nitrogens with zero attached hydrogens (tertiary/aromatic N) is 2. The van der Waals surface area contributed by atoms with Gasteiger partial charge in [-0.2, -0.15) is 0 Å². The molecule has 1 saturated heterocycles. The minimum atomic E-state index is -0.108. The highest BCUT2D eigenvalue weighted by molar-refractivity contribution is 9.10. The first kappa shape index (κ1) is 15.4. The summed E-state index contributed by atoms with van der Waals surface area (Å²) in [5, 5.41) is 2.97. The number of hydrogen-bond donors (Lipinski definition) is 1. The van der Waals surface area contributed by atoms with Crippen LogP contribution in [0.25, 0.3) is 0 Å². The number of aromatic nitrogens is 1. The lowest BCUT2D eigenvalue weighted by Crippen LogP contribution is -2.38. The van der Waals surface area contributed by atoms with Crippen LogP contribution in [0.2, 0.25) is 0 Å². The standard InChI is InChI=1S/C15H22BrN3O/c1-12(11-19-8-3-2-4-9-19)10-18-15(20)14-13(16)6-5-7-17-14/h5-7,12H,2-4,8-11H2,1H3,(H,18,20). The molecule has 1 amide bonds. The van der Waals surface area contributed by atoms with E-state index in [9.17, 15) is 4.79 Å². The average Bonchev–Trinajstić information content (AvgIpc) is 2.46. The van der Waals surface area contributed by atoms with E-state index in [4.69, 9.17) is 0 Å². The molecule has 20 heavy (non-hydrogen) atoms. The Hall–Kier alpha value is -0.940. The van der Waals surface area contributed by atoms with E-state index in [-0.39, 0.29) is 5.91 Å². The molecule has 1 N–H and O–H groups in total. The predicted octanol–water partition coefficient (Wildman–Crippen LogP) is 2.70. The van der Waals surface area contributed by atoms with E-state index in [1.807, 2.05) is 6.07 Å². The number of amides is 1. The van der Waals surface area contributed by atoms with Crippen molar-refractivity contribution in [3.05, 3.63) is 28.5 Å². The van der Waals surface area contributed by atoms with Crippen molar-refractivity contribution in [1.82, 2.24) is 15.2 Å². The zero-order chi connectivity index (χ0) is 14.4. The van der Waals surface area contributed by atoms with Crippen LogP contribution >= 0.6 is 15.9 Å². The van der Waals surface area contributed by atoms with Crippen LogP contribution in [0.1, 0.15) is 36.7 Å². The van der Waals surface area contributed by atoms with Crippen LogP contribution in [0.15, 0.2) is 22.8 Å². The van der Waals surface area contributed by atoms with Gasteiger partial charge in [0.2, 0.25) is 0 Å². The number of pyridine rings is 1. The van der Waals surface area contributed by atoms with Gasteiger partial charge in [-0.1, -0.05) is 13.3 Å². The normalized spacial score (nSPS) is 17.7. The van der Waals surface area contributed by atoms with Crippen LogP contribution in [-0.2, 0) is 0 Å². The van der Waals surface area contributed by atoms with Gasteiger partial charge in [0.25, 0.3) is 5.91 Å². The minimum Gasteiger partial charge on any atom is -0.350 e. The summed E-state index contributed by atoms with van der Waals surface area (Å²) >= 11 is 3.35. The molecule has 0 saturated carbocycles. The molecule has 1 aromatic rings. The first-order valence-electron chi connectivity index (χ1n) is 7.28. The molecule has 1 unspecified atom stereocenters. The molecule has 1 fully saturated rings. The molecule has 2 heterocycles. The summed E-state index contributed by atoms with van der Waals surface area (Å²) in [6.45, 7) is 6.33. The first-order valence-corrected chi connectivity index (χ1v) is 8.07. The van der Waals surface area contributed by atoms with E-state index >= 15 is 0 Å². The van der Waals surface area contributed by atoms with E-state index in [0.29, 0.717) is 18.2 Å². The molecule has 0 aliphatic carbocycles. The fourth-order valence-corrected chi connectivity index (χ4v) is 2.99. The van der Waals surface area contributed by atoms with Gasteiger partial charge in [0.1, 0.15) is 5.69 Å². The van der Waals surface area contributed by atoms with Crippen LogP contribution in [0.4, 0.5) is 0 Å². The molecule has 0 radical (unpaired) electrons. The Bertz CT molecular complexity index is 446. The van der Waals surface area contributed by atoms with Gasteiger partial charge in [0.05, 0.1) is 0 Å². The number of likely N-dealkylation sites (tertiary alicyclic amines) is 1. The number of nitrogens with one attached hydrogen (secondary N) is 1. The summed E-state index contributed by atoms with van der Waals surface area (Å²) in [6, 6.07) is 3.64. The molecular weight excluding hydrogens is 318 g/mol. The Morgan fingerprint density at radius 1 is 1.45 bits per heavy atom. The zero-order valence-electron chi connectivity index (χ0n) is 11.9. The summed E-state index contributed by atoms with van der Waals surface area (Å²) in [5.41, 5.74) is 0.456. The summed E-state index contributed by atoms with van der Waals surface area (Å²) in [6.07, 6.45) is 5.60. The second kappa shape index (κ2) is 7.74. The molecule has 2 rings (SSSR count). The highest BCUT2D eigenvalue weighted by atomic mass is 79.9. The van der Waals surface area contributed by atoms with Gasteiger partial charge in [0, 0.05) is 23.8 Å². The quantitative estimate of drug-likeness (QED) is 0.896. The maximum atomic E-state index is 12.0. The third-order valence-corrected chi connectivity index (χ3v) is 4.24. The minimum absolute atomic E-state index is 0.108. The van der Waals surface area contributed by atoms with Crippen molar-refractivity contribution in [2.24, 2.45) is 5.92 Å². The summed E-state index contributed by atoms with van der Waals surface area (Å²) < 4.78 is 0.737. The Labute approximate surface area is 129 Å². The molecule has 4 nitrogen and oxygen atoms in total. The molecule has 1 atom stereocenters. The van der Waals surface area contributed by atoms with E-state index < -0.39 is 0 Å². The van der Waals surface area contributed by atoms with E-state index in [2.05, 4.69) is 38.1 Å². The lowest BCUT2D eigenvalue weighted by molar-refractivity contribution is 0.0937. The monoisotopic (exact) mass is 339 g/mol. The maximum Gasteiger partial charge on any atom is 0.271 e. The van der Waals surface area contributed by atoms with Gasteiger partial charge in [0.15, 0.2) is 0 Å². The first-order chi connectivity index (χ1) is 9.66. The molecule has 0 spiro atoms. The van der Waals surface area contributed by atoms with E-state index in [1.165, 1.54) is 32.4 Å². The molecule has 5 heteroatoms. The largest absolute Gasteiger partial charge is 0.350 e. The van der Waals surface area contributed by atoms with Gasteiger partial charge in [-0.3, -0.25) is 4.79 Å². The van der Waals surface area contributed by atoms with Crippen LogP contribution in [0, 0.1) is 5.92 Å². The smallest absolute Gasteiger partial charge is 0.271 e. The summed E-state index contributed by atoms with van der Waals surface area (Å²) in [5.74, 6) is 0.350. The Balaban J connectivity index is 1.76.